The first-order chi connectivity index (χ1) is 5.34. The zero-order valence-corrected chi connectivity index (χ0v) is 6.69. The van der Waals surface area contributed by atoms with Gasteiger partial charge in [-0.05, 0) is 6.08 Å². The van der Waals surface area contributed by atoms with E-state index >= 15 is 0 Å². The Morgan fingerprint density at radius 3 is 3.18 bits per heavy atom. The lowest BCUT2D eigenvalue weighted by Crippen LogP contribution is -2.06. The number of rotatable bonds is 3. The first-order valence-electron chi connectivity index (χ1n) is 3.22. The third-order valence-corrected chi connectivity index (χ3v) is 1.62. The summed E-state index contributed by atoms with van der Waals surface area (Å²) in [6.45, 7) is -0.0419. The van der Waals surface area contributed by atoms with Gasteiger partial charge in [-0.15, -0.1) is 0 Å². The van der Waals surface area contributed by atoms with Crippen LogP contribution in [-0.2, 0) is 9.53 Å². The summed E-state index contributed by atoms with van der Waals surface area (Å²) in [5.41, 5.74) is 0. The van der Waals surface area contributed by atoms with Crippen molar-refractivity contribution in [2.24, 2.45) is 0 Å². The van der Waals surface area contributed by atoms with Crippen molar-refractivity contribution in [2.75, 3.05) is 6.61 Å². The first-order valence-corrected chi connectivity index (χ1v) is 3.63. The molecule has 0 bridgehead atoms. The minimum Gasteiger partial charge on any atom is -0.484 e. The minimum absolute atomic E-state index is 0.0419. The molecular formula is C8H7O2S. The van der Waals surface area contributed by atoms with Crippen LogP contribution in [0.3, 0.4) is 0 Å². The van der Waals surface area contributed by atoms with Crippen LogP contribution in [0.1, 0.15) is 6.42 Å². The lowest BCUT2D eigenvalue weighted by Gasteiger charge is -2.09. The molecule has 0 aliphatic heterocycles. The molecule has 0 amide bonds. The van der Waals surface area contributed by atoms with E-state index in [9.17, 15) is 4.79 Å². The Kier molecular flexibility index (Phi) is 2.98. The second-order valence-corrected chi connectivity index (χ2v) is 2.51. The molecule has 0 saturated carbocycles. The molecular weight excluding hydrogens is 160 g/mol. The number of hydrogen-bond donors (Lipinski definition) is 0. The Hall–Kier alpha value is -0.960. The normalized spacial score (nSPS) is 16.0. The van der Waals surface area contributed by atoms with Gasteiger partial charge < -0.3 is 4.74 Å². The quantitative estimate of drug-likeness (QED) is 0.593. The van der Waals surface area contributed by atoms with Gasteiger partial charge in [0.05, 0.1) is 4.86 Å². The van der Waals surface area contributed by atoms with Gasteiger partial charge in [-0.2, -0.15) is 0 Å². The molecule has 1 rings (SSSR count). The summed E-state index contributed by atoms with van der Waals surface area (Å²) in [6.07, 6.45) is 7.92. The average molecular weight is 167 g/mol. The Bertz CT molecular complexity index is 228. The summed E-state index contributed by atoms with van der Waals surface area (Å²) in [4.78, 5) is 10.6. The highest BCUT2D eigenvalue weighted by molar-refractivity contribution is 7.80. The zero-order valence-electron chi connectivity index (χ0n) is 5.87. The maximum Gasteiger partial charge on any atom is 0.239 e. The molecule has 0 saturated heterocycles. The number of hydrogen-bond acceptors (Lipinski definition) is 3. The van der Waals surface area contributed by atoms with Crippen LogP contribution in [0, 0.1) is 0 Å². The maximum absolute atomic E-state index is 9.82. The van der Waals surface area contributed by atoms with Crippen LogP contribution in [0.4, 0.5) is 0 Å². The smallest absolute Gasteiger partial charge is 0.239 e. The molecule has 0 N–H and O–H groups in total. The Labute approximate surface area is 70.5 Å². The predicted octanol–water partition coefficient (Wildman–Crippen LogP) is 1.33. The van der Waals surface area contributed by atoms with Crippen molar-refractivity contribution in [1.29, 1.82) is 0 Å². The Balaban J connectivity index is 2.53. The molecule has 11 heavy (non-hydrogen) atoms. The second-order valence-electron chi connectivity index (χ2n) is 2.02. The van der Waals surface area contributed by atoms with Crippen LogP contribution < -0.4 is 0 Å². The van der Waals surface area contributed by atoms with Crippen LogP contribution >= 0.6 is 12.2 Å². The SMILES string of the molecule is O=[C]COC1=CC=CCC1=S. The lowest BCUT2D eigenvalue weighted by molar-refractivity contribution is 0.275. The fraction of sp³-hybridized carbons (Fsp3) is 0.250. The van der Waals surface area contributed by atoms with Gasteiger partial charge in [-0.1, -0.05) is 24.4 Å². The van der Waals surface area contributed by atoms with Gasteiger partial charge in [0, 0.05) is 6.42 Å². The highest BCUT2D eigenvalue weighted by Crippen LogP contribution is 2.10. The molecule has 57 valence electrons. The van der Waals surface area contributed by atoms with E-state index in [-0.39, 0.29) is 6.61 Å². The number of ether oxygens (including phenoxy) is 1. The molecule has 1 aliphatic rings. The molecule has 0 atom stereocenters. The molecule has 2 nitrogen and oxygen atoms in total. The van der Waals surface area contributed by atoms with Gasteiger partial charge >= 0.3 is 0 Å². The van der Waals surface area contributed by atoms with Crippen molar-refractivity contribution in [3.05, 3.63) is 24.0 Å². The number of carbonyl (C=O) groups excluding carboxylic acids is 1. The zero-order chi connectivity index (χ0) is 8.10. The molecule has 1 aliphatic carbocycles. The standard InChI is InChI=1S/C8H7O2S/c9-5-6-10-7-3-1-2-4-8(7)11/h1-3H,4,6H2. The highest BCUT2D eigenvalue weighted by Gasteiger charge is 2.06. The molecule has 1 radical (unpaired) electrons. The fourth-order valence-electron chi connectivity index (χ4n) is 0.760. The van der Waals surface area contributed by atoms with Crippen molar-refractivity contribution in [2.45, 2.75) is 6.42 Å². The number of allylic oxidation sites excluding steroid dienone is 4. The van der Waals surface area contributed by atoms with Gasteiger partial charge in [0.2, 0.25) is 6.29 Å². The molecule has 0 aromatic heterocycles. The van der Waals surface area contributed by atoms with Crippen molar-refractivity contribution in [3.63, 3.8) is 0 Å². The van der Waals surface area contributed by atoms with Crippen LogP contribution in [0.25, 0.3) is 0 Å². The first kappa shape index (κ1) is 8.14. The summed E-state index contributed by atoms with van der Waals surface area (Å²) in [6, 6.07) is 0. The van der Waals surface area contributed by atoms with Gasteiger partial charge in [0.1, 0.15) is 5.76 Å². The van der Waals surface area contributed by atoms with Crippen molar-refractivity contribution in [1.82, 2.24) is 0 Å². The Morgan fingerprint density at radius 1 is 1.73 bits per heavy atom. The molecule has 0 aromatic rings. The molecule has 0 unspecified atom stereocenters. The van der Waals surface area contributed by atoms with Crippen LogP contribution in [0.2, 0.25) is 0 Å². The van der Waals surface area contributed by atoms with Gasteiger partial charge in [-0.3, -0.25) is 4.79 Å². The molecule has 0 heterocycles. The number of thiocarbonyl (C=S) groups is 1. The molecule has 0 fully saturated rings. The molecule has 0 aromatic carbocycles. The predicted molar refractivity (Wildman–Crippen MR) is 46.1 cm³/mol. The van der Waals surface area contributed by atoms with Crippen LogP contribution in [0.15, 0.2) is 24.0 Å². The second kappa shape index (κ2) is 4.03. The van der Waals surface area contributed by atoms with Gasteiger partial charge in [0.15, 0.2) is 6.61 Å². The van der Waals surface area contributed by atoms with E-state index in [1.807, 2.05) is 12.2 Å². The van der Waals surface area contributed by atoms with Crippen molar-refractivity contribution >= 4 is 23.4 Å². The monoisotopic (exact) mass is 167 g/mol. The lowest BCUT2D eigenvalue weighted by atomic mass is 10.1. The van der Waals surface area contributed by atoms with Crippen molar-refractivity contribution < 1.29 is 9.53 Å². The van der Waals surface area contributed by atoms with Crippen LogP contribution in [-0.4, -0.2) is 17.8 Å². The summed E-state index contributed by atoms with van der Waals surface area (Å²) < 4.78 is 4.99. The highest BCUT2D eigenvalue weighted by atomic mass is 32.1. The molecule has 0 spiro atoms. The largest absolute Gasteiger partial charge is 0.484 e. The van der Waals surface area contributed by atoms with E-state index in [1.54, 1.807) is 12.4 Å². The maximum atomic E-state index is 9.82. The third kappa shape index (κ3) is 2.27. The average Bonchev–Trinajstić information content (AvgIpc) is 2.03. The van der Waals surface area contributed by atoms with E-state index in [0.717, 1.165) is 11.3 Å². The van der Waals surface area contributed by atoms with E-state index < -0.39 is 0 Å². The van der Waals surface area contributed by atoms with Crippen molar-refractivity contribution in [3.8, 4) is 0 Å². The minimum atomic E-state index is -0.0419. The van der Waals surface area contributed by atoms with Crippen LogP contribution in [0.5, 0.6) is 0 Å². The van der Waals surface area contributed by atoms with E-state index in [4.69, 9.17) is 17.0 Å². The van der Waals surface area contributed by atoms with Gasteiger partial charge in [-0.25, -0.2) is 0 Å². The Morgan fingerprint density at radius 2 is 2.55 bits per heavy atom. The fourth-order valence-corrected chi connectivity index (χ4v) is 0.983. The summed E-state index contributed by atoms with van der Waals surface area (Å²) in [5.74, 6) is 0.617. The summed E-state index contributed by atoms with van der Waals surface area (Å²) in [7, 11) is 0. The topological polar surface area (TPSA) is 26.3 Å². The van der Waals surface area contributed by atoms with E-state index in [1.165, 1.54) is 0 Å². The molecule has 3 heteroatoms. The van der Waals surface area contributed by atoms with E-state index in [0.29, 0.717) is 5.76 Å². The summed E-state index contributed by atoms with van der Waals surface area (Å²) >= 11 is 4.97. The van der Waals surface area contributed by atoms with Gasteiger partial charge in [0.25, 0.3) is 0 Å². The summed E-state index contributed by atoms with van der Waals surface area (Å²) in [5, 5.41) is 0. The van der Waals surface area contributed by atoms with E-state index in [2.05, 4.69) is 0 Å². The third-order valence-electron chi connectivity index (χ3n) is 1.25.